The molecule has 2 aromatic carbocycles. The Balaban J connectivity index is 1.45. The molecule has 51 heavy (non-hydrogen) atoms. The smallest absolute Gasteiger partial charge is 0.313 e. The molecule has 2 N–H and O–H groups in total. The van der Waals surface area contributed by atoms with E-state index in [1.807, 2.05) is 42.5 Å². The number of hydrogen-bond donors (Lipinski definition) is 2. The van der Waals surface area contributed by atoms with Crippen LogP contribution < -0.4 is 10.2 Å². The largest absolute Gasteiger partial charge is 0.455 e. The van der Waals surface area contributed by atoms with E-state index in [9.17, 15) is 19.5 Å². The maximum Gasteiger partial charge on any atom is 0.313 e. The number of fused-ring (bicyclic) bond motifs is 2. The highest BCUT2D eigenvalue weighted by Crippen LogP contribution is 2.59. The number of nitrogens with zero attached hydrogens (tertiary/aromatic N) is 2. The third kappa shape index (κ3) is 7.52. The molecular weight excluding hydrogens is 742 g/mol. The Labute approximate surface area is 311 Å². The number of carbonyl (C=O) groups is 4. The summed E-state index contributed by atoms with van der Waals surface area (Å²) in [6, 6.07) is 14.2. The molecule has 0 aromatic heterocycles. The summed E-state index contributed by atoms with van der Waals surface area (Å²) in [5, 5.41) is 12.8. The molecule has 0 radical (unpaired) electrons. The van der Waals surface area contributed by atoms with Crippen LogP contribution in [0.3, 0.4) is 0 Å². The highest BCUT2D eigenvalue weighted by atomic mass is 79.9. The van der Waals surface area contributed by atoms with Crippen molar-refractivity contribution in [1.29, 1.82) is 0 Å². The Hall–Kier alpha value is -3.55. The summed E-state index contributed by atoms with van der Waals surface area (Å²) in [7, 11) is 1.51. The number of allylic oxidation sites excluding steroid dienone is 1. The number of likely N-dealkylation sites (tertiary alicyclic amines) is 1. The monoisotopic (exact) mass is 783 g/mol. The van der Waals surface area contributed by atoms with Gasteiger partial charge in [0.15, 0.2) is 0 Å². The van der Waals surface area contributed by atoms with E-state index in [4.69, 9.17) is 25.8 Å². The molecule has 272 valence electrons. The van der Waals surface area contributed by atoms with Crippen molar-refractivity contribution in [3.63, 3.8) is 0 Å². The zero-order valence-corrected chi connectivity index (χ0v) is 30.8. The van der Waals surface area contributed by atoms with Gasteiger partial charge in [-0.1, -0.05) is 82.9 Å². The van der Waals surface area contributed by atoms with Crippen molar-refractivity contribution in [1.82, 2.24) is 10.2 Å². The quantitative estimate of drug-likeness (QED) is 0.198. The van der Waals surface area contributed by atoms with Crippen LogP contribution >= 0.6 is 27.5 Å². The molecule has 0 unspecified atom stereocenters. The fourth-order valence-corrected chi connectivity index (χ4v) is 8.61. The fraction of sp³-hybridized carbons (Fsp3) is 0.474. The van der Waals surface area contributed by atoms with Gasteiger partial charge in [0, 0.05) is 48.4 Å². The van der Waals surface area contributed by atoms with Crippen LogP contribution in [0, 0.1) is 11.8 Å². The van der Waals surface area contributed by atoms with Crippen LogP contribution in [0.5, 0.6) is 0 Å². The van der Waals surface area contributed by atoms with Crippen molar-refractivity contribution in [2.24, 2.45) is 11.8 Å². The van der Waals surface area contributed by atoms with Gasteiger partial charge in [0.25, 0.3) is 5.91 Å². The first-order valence-corrected chi connectivity index (χ1v) is 18.6. The predicted octanol–water partition coefficient (Wildman–Crippen LogP) is 4.86. The minimum atomic E-state index is -1.45. The van der Waals surface area contributed by atoms with Crippen molar-refractivity contribution in [3.05, 3.63) is 87.9 Å². The molecule has 4 aliphatic heterocycles. The first-order chi connectivity index (χ1) is 24.7. The molecule has 4 heterocycles. The van der Waals surface area contributed by atoms with Crippen LogP contribution in [0.4, 0.5) is 5.69 Å². The predicted molar refractivity (Wildman–Crippen MR) is 194 cm³/mol. The number of aliphatic hydroxyl groups excluding tert-OH is 1. The first kappa shape index (κ1) is 37.2. The van der Waals surface area contributed by atoms with Crippen LogP contribution in [0.15, 0.2) is 77.3 Å². The van der Waals surface area contributed by atoms with E-state index in [2.05, 4.69) is 21.2 Å². The number of methoxy groups -OCH3 is 1. The molecule has 3 amide bonds. The van der Waals surface area contributed by atoms with Gasteiger partial charge in [-0.25, -0.2) is 0 Å². The molecule has 0 aliphatic carbocycles. The van der Waals surface area contributed by atoms with Crippen LogP contribution in [-0.2, 0) is 33.4 Å². The van der Waals surface area contributed by atoms with E-state index in [0.29, 0.717) is 40.0 Å². The summed E-state index contributed by atoms with van der Waals surface area (Å²) < 4.78 is 19.0. The van der Waals surface area contributed by atoms with Gasteiger partial charge in [-0.15, -0.1) is 0 Å². The van der Waals surface area contributed by atoms with E-state index in [-0.39, 0.29) is 50.4 Å². The maximum absolute atomic E-state index is 15.0. The molecule has 13 heteroatoms. The summed E-state index contributed by atoms with van der Waals surface area (Å²) in [5.41, 5.74) is -0.232. The van der Waals surface area contributed by atoms with Crippen LogP contribution in [0.2, 0.25) is 5.02 Å². The molecule has 0 saturated carbocycles. The van der Waals surface area contributed by atoms with Crippen molar-refractivity contribution in [2.75, 3.05) is 38.3 Å². The second-order valence-corrected chi connectivity index (χ2v) is 14.7. The van der Waals surface area contributed by atoms with E-state index in [0.717, 1.165) is 12.8 Å². The van der Waals surface area contributed by atoms with Crippen LogP contribution in [0.25, 0.3) is 0 Å². The minimum absolute atomic E-state index is 0.0611. The molecule has 2 fully saturated rings. The highest BCUT2D eigenvalue weighted by molar-refractivity contribution is 9.11. The molecule has 4 aliphatic rings. The van der Waals surface area contributed by atoms with Gasteiger partial charge in [0.1, 0.15) is 29.8 Å². The van der Waals surface area contributed by atoms with E-state index >= 15 is 4.79 Å². The number of amides is 3. The number of esters is 1. The minimum Gasteiger partial charge on any atom is -0.455 e. The number of anilines is 1. The number of cyclic esters (lactones) is 1. The number of aliphatic hydroxyl groups is 1. The number of unbranched alkanes of at least 4 members (excludes halogenated alkanes) is 3. The Bertz CT molecular complexity index is 1660. The summed E-state index contributed by atoms with van der Waals surface area (Å²) >= 11 is 9.84. The molecule has 2 aromatic rings. The number of ether oxygens (including phenoxy) is 3. The van der Waals surface area contributed by atoms with E-state index in [1.165, 1.54) is 7.11 Å². The second kappa shape index (κ2) is 16.4. The zero-order valence-electron chi connectivity index (χ0n) is 28.4. The number of nitrogens with one attached hydrogen (secondary N) is 1. The van der Waals surface area contributed by atoms with Crippen molar-refractivity contribution in [2.45, 2.75) is 68.4 Å². The normalized spacial score (nSPS) is 30.2. The average Bonchev–Trinajstić information content (AvgIpc) is 3.71. The van der Waals surface area contributed by atoms with E-state index < -0.39 is 47.7 Å². The van der Waals surface area contributed by atoms with Gasteiger partial charge >= 0.3 is 5.97 Å². The van der Waals surface area contributed by atoms with E-state index in [1.54, 1.807) is 40.1 Å². The lowest BCUT2D eigenvalue weighted by atomic mass is 9.74. The molecule has 1 spiro atoms. The number of benzene rings is 2. The zero-order chi connectivity index (χ0) is 36.1. The molecule has 7 atom stereocenters. The summed E-state index contributed by atoms with van der Waals surface area (Å²) in [5.74, 6) is -3.77. The number of carbonyl (C=O) groups excluding carboxylic acids is 4. The summed E-state index contributed by atoms with van der Waals surface area (Å²) in [4.78, 5) is 60.6. The van der Waals surface area contributed by atoms with Gasteiger partial charge in [-0.3, -0.25) is 19.2 Å². The average molecular weight is 785 g/mol. The van der Waals surface area contributed by atoms with Crippen LogP contribution in [0.1, 0.15) is 50.2 Å². The lowest BCUT2D eigenvalue weighted by molar-refractivity contribution is -0.162. The van der Waals surface area contributed by atoms with Crippen molar-refractivity contribution in [3.8, 4) is 0 Å². The lowest BCUT2D eigenvalue weighted by Crippen LogP contribution is -2.56. The van der Waals surface area contributed by atoms with Gasteiger partial charge in [-0.2, -0.15) is 0 Å². The van der Waals surface area contributed by atoms with Gasteiger partial charge in [-0.05, 0) is 55.2 Å². The Kier molecular flexibility index (Phi) is 12.0. The maximum atomic E-state index is 15.0. The lowest BCUT2D eigenvalue weighted by Gasteiger charge is -2.36. The summed E-state index contributed by atoms with van der Waals surface area (Å²) in [6.07, 6.45) is 6.95. The third-order valence-corrected chi connectivity index (χ3v) is 11.0. The fourth-order valence-electron chi connectivity index (χ4n) is 7.75. The Morgan fingerprint density at radius 2 is 1.73 bits per heavy atom. The standard InChI is InChI=1S/C38H43BrClN3O8/c1-49-23-28-32(24-12-6-4-7-13-24)50-37(48)30-31-35(46)43(20-9-2-3-11-21-44)34(38(31)22-27(39)33(30)51-38)36(47)42(26-17-15-25(40)16-18-26)19-10-5-8-14-29(45)41-28/h4-7,10,12-13,15-18,22,28,30-34,44H,2-3,8-9,11,14,19-21,23H2,1H3,(H,41,45)/b10-5-/t28-,30+,31-,32-,33+,34+,38-/m0/s1. The van der Waals surface area contributed by atoms with Gasteiger partial charge in [0.2, 0.25) is 11.8 Å². The molecule has 2 saturated heterocycles. The molecule has 11 nitrogen and oxygen atoms in total. The number of rotatable bonds is 10. The number of halogens is 2. The third-order valence-electron chi connectivity index (χ3n) is 10.1. The molecule has 6 rings (SSSR count). The summed E-state index contributed by atoms with van der Waals surface area (Å²) in [6.45, 7) is 0.555. The highest BCUT2D eigenvalue weighted by Gasteiger charge is 2.75. The van der Waals surface area contributed by atoms with Crippen molar-refractivity contribution < 1.29 is 38.5 Å². The van der Waals surface area contributed by atoms with Gasteiger partial charge in [0.05, 0.1) is 18.6 Å². The Morgan fingerprint density at radius 1 is 0.980 bits per heavy atom. The van der Waals surface area contributed by atoms with Crippen molar-refractivity contribution >= 4 is 56.9 Å². The number of hydrogen-bond acceptors (Lipinski definition) is 8. The Morgan fingerprint density at radius 3 is 2.45 bits per heavy atom. The molecular formula is C38H43BrClN3O8. The second-order valence-electron chi connectivity index (χ2n) is 13.3. The SMILES string of the molecule is COC[C@@H]1NC(=O)CC/C=C\CN(c2ccc(Cl)cc2)C(=O)[C@H]2N(CCCCCCO)C(=O)[C@@H]3[C@@H](C(=O)O[C@H]1c1ccccc1)[C@@H]1O[C@@]32C=C1Br. The van der Waals surface area contributed by atoms with Gasteiger partial charge < -0.3 is 34.4 Å². The molecule has 5 bridgehead atoms. The van der Waals surface area contributed by atoms with Crippen LogP contribution in [-0.4, -0.2) is 90.9 Å². The first-order valence-electron chi connectivity index (χ1n) is 17.4. The topological polar surface area (TPSA) is 135 Å².